The number of rotatable bonds is 3. The summed E-state index contributed by atoms with van der Waals surface area (Å²) in [6, 6.07) is 21.0. The molecule has 26 heavy (non-hydrogen) atoms. The maximum atomic E-state index is 11.2. The van der Waals surface area contributed by atoms with Gasteiger partial charge in [-0.3, -0.25) is 0 Å². The number of hydrogen-bond acceptors (Lipinski definition) is 4. The molecule has 6 heteroatoms. The topological polar surface area (TPSA) is 55.2 Å². The van der Waals surface area contributed by atoms with Crippen molar-refractivity contribution in [2.45, 2.75) is 0 Å². The fourth-order valence-electron chi connectivity index (χ4n) is 2.75. The predicted octanol–water partition coefficient (Wildman–Crippen LogP) is 6.89. The Morgan fingerprint density at radius 1 is 0.692 bits per heavy atom. The van der Waals surface area contributed by atoms with Crippen molar-refractivity contribution < 1.29 is 0 Å². The van der Waals surface area contributed by atoms with E-state index in [-0.39, 0.29) is 5.69 Å². The van der Waals surface area contributed by atoms with E-state index in [1.165, 1.54) is 0 Å². The quantitative estimate of drug-likeness (QED) is 0.307. The summed E-state index contributed by atoms with van der Waals surface area (Å²) in [7, 11) is 0. The Balaban J connectivity index is 2.04. The molecule has 0 bridgehead atoms. The number of para-hydroxylation sites is 1. The number of benzene rings is 3. The van der Waals surface area contributed by atoms with Crippen LogP contribution in [0.3, 0.4) is 0 Å². The van der Waals surface area contributed by atoms with Gasteiger partial charge in [0, 0.05) is 20.1 Å². The summed E-state index contributed by atoms with van der Waals surface area (Å²) in [5.41, 5.74) is 4.77. The summed E-state index contributed by atoms with van der Waals surface area (Å²) in [4.78, 5) is 20.7. The Labute approximate surface area is 166 Å². The fraction of sp³-hybridized carbons (Fsp3) is 0. The molecule has 0 amide bonds. The van der Waals surface area contributed by atoms with Crippen LogP contribution in [0.4, 0.5) is 5.69 Å². The summed E-state index contributed by atoms with van der Waals surface area (Å²) in [6.07, 6.45) is 0. The lowest BCUT2D eigenvalue weighted by Gasteiger charge is -2.11. The van der Waals surface area contributed by atoms with E-state index in [0.29, 0.717) is 16.7 Å². The van der Waals surface area contributed by atoms with Gasteiger partial charge in [-0.1, -0.05) is 62.2 Å². The largest absolute Gasteiger partial charge is 0.244 e. The molecule has 0 spiro atoms. The number of fused-ring (bicyclic) bond motifs is 1. The van der Waals surface area contributed by atoms with Crippen LogP contribution in [0, 0.1) is 4.91 Å². The van der Waals surface area contributed by atoms with Crippen molar-refractivity contribution in [3.63, 3.8) is 0 Å². The van der Waals surface area contributed by atoms with Crippen LogP contribution in [0.2, 0.25) is 0 Å². The van der Waals surface area contributed by atoms with Gasteiger partial charge in [-0.05, 0) is 41.6 Å². The molecule has 4 rings (SSSR count). The van der Waals surface area contributed by atoms with Crippen LogP contribution in [0.15, 0.2) is 80.9 Å². The minimum Gasteiger partial charge on any atom is -0.244 e. The highest BCUT2D eigenvalue weighted by molar-refractivity contribution is 9.10. The van der Waals surface area contributed by atoms with E-state index in [9.17, 15) is 4.91 Å². The van der Waals surface area contributed by atoms with Gasteiger partial charge in [-0.2, -0.15) is 0 Å². The van der Waals surface area contributed by atoms with Gasteiger partial charge in [0.05, 0.1) is 16.9 Å². The summed E-state index contributed by atoms with van der Waals surface area (Å²) in [5.74, 6) is 0. The average Bonchev–Trinajstić information content (AvgIpc) is 2.68. The maximum Gasteiger partial charge on any atom is 0.135 e. The molecule has 0 unspecified atom stereocenters. The first-order chi connectivity index (χ1) is 12.7. The van der Waals surface area contributed by atoms with Gasteiger partial charge >= 0.3 is 0 Å². The fourth-order valence-corrected chi connectivity index (χ4v) is 3.28. The van der Waals surface area contributed by atoms with E-state index in [4.69, 9.17) is 9.97 Å². The van der Waals surface area contributed by atoms with Crippen LogP contribution in [0.25, 0.3) is 33.5 Å². The molecule has 0 atom stereocenters. The van der Waals surface area contributed by atoms with Crippen LogP contribution in [-0.2, 0) is 0 Å². The van der Waals surface area contributed by atoms with Crippen molar-refractivity contribution in [2.24, 2.45) is 5.18 Å². The molecule has 4 aromatic rings. The van der Waals surface area contributed by atoms with Crippen molar-refractivity contribution in [2.75, 3.05) is 0 Å². The first kappa shape index (κ1) is 17.0. The number of hydrogen-bond donors (Lipinski definition) is 0. The van der Waals surface area contributed by atoms with Gasteiger partial charge in [0.1, 0.15) is 11.2 Å². The molecule has 4 nitrogen and oxygen atoms in total. The third kappa shape index (κ3) is 3.18. The molecule has 0 saturated carbocycles. The third-order valence-electron chi connectivity index (χ3n) is 4.01. The van der Waals surface area contributed by atoms with E-state index in [1.54, 1.807) is 12.1 Å². The third-order valence-corrected chi connectivity index (χ3v) is 5.06. The van der Waals surface area contributed by atoms with Gasteiger partial charge < -0.3 is 0 Å². The van der Waals surface area contributed by atoms with Gasteiger partial charge in [0.15, 0.2) is 0 Å². The van der Waals surface area contributed by atoms with Crippen LogP contribution in [-0.4, -0.2) is 9.97 Å². The zero-order chi connectivity index (χ0) is 18.1. The Bertz CT molecular complexity index is 1110. The molecule has 0 N–H and O–H groups in total. The highest BCUT2D eigenvalue weighted by atomic mass is 79.9. The second-order valence-electron chi connectivity index (χ2n) is 5.67. The summed E-state index contributed by atoms with van der Waals surface area (Å²) < 4.78 is 1.98. The molecule has 0 aliphatic carbocycles. The monoisotopic (exact) mass is 467 g/mol. The zero-order valence-electron chi connectivity index (χ0n) is 13.4. The molecule has 0 saturated heterocycles. The van der Waals surface area contributed by atoms with Gasteiger partial charge in [-0.25, -0.2) is 9.97 Å². The minimum absolute atomic E-state index is 0.288. The highest BCUT2D eigenvalue weighted by Gasteiger charge is 2.15. The van der Waals surface area contributed by atoms with E-state index in [0.717, 1.165) is 25.8 Å². The molecule has 1 aromatic heterocycles. The number of nitroso groups, excluding NO2 is 1. The molecular weight excluding hydrogens is 458 g/mol. The number of aromatic nitrogens is 2. The zero-order valence-corrected chi connectivity index (χ0v) is 16.5. The lowest BCUT2D eigenvalue weighted by Crippen LogP contribution is -1.95. The Morgan fingerprint density at radius 3 is 1.77 bits per heavy atom. The first-order valence-electron chi connectivity index (χ1n) is 7.82. The SMILES string of the molecule is O=Nc1cccc2nc(-c3ccc(Br)cc3)c(-c3ccc(Br)cc3)nc12. The molecule has 0 radical (unpaired) electrons. The van der Waals surface area contributed by atoms with Crippen LogP contribution in [0.1, 0.15) is 0 Å². The lowest BCUT2D eigenvalue weighted by molar-refractivity contribution is 1.28. The molecule has 126 valence electrons. The second kappa shape index (κ2) is 7.05. The standard InChI is InChI=1S/C20H11Br2N3O/c21-14-8-4-12(5-9-14)18-19(13-6-10-15(22)11-7-13)24-20-16(23-18)2-1-3-17(20)25-26/h1-11H. The van der Waals surface area contributed by atoms with E-state index < -0.39 is 0 Å². The smallest absolute Gasteiger partial charge is 0.135 e. The Hall–Kier alpha value is -2.44. The molecule has 0 fully saturated rings. The molecule has 3 aromatic carbocycles. The van der Waals surface area contributed by atoms with Gasteiger partial charge in [-0.15, -0.1) is 4.91 Å². The number of nitrogens with zero attached hydrogens (tertiary/aromatic N) is 3. The maximum absolute atomic E-state index is 11.2. The van der Waals surface area contributed by atoms with Gasteiger partial charge in [0.2, 0.25) is 0 Å². The summed E-state index contributed by atoms with van der Waals surface area (Å²) in [6.45, 7) is 0. The lowest BCUT2D eigenvalue weighted by atomic mass is 10.0. The van der Waals surface area contributed by atoms with Crippen LogP contribution < -0.4 is 0 Å². The summed E-state index contributed by atoms with van der Waals surface area (Å²) >= 11 is 6.91. The molecule has 1 heterocycles. The van der Waals surface area contributed by atoms with Crippen molar-refractivity contribution in [3.8, 4) is 22.5 Å². The van der Waals surface area contributed by atoms with Crippen molar-refractivity contribution in [1.82, 2.24) is 9.97 Å². The first-order valence-corrected chi connectivity index (χ1v) is 9.40. The highest BCUT2D eigenvalue weighted by Crippen LogP contribution is 2.34. The van der Waals surface area contributed by atoms with Crippen molar-refractivity contribution >= 4 is 48.6 Å². The van der Waals surface area contributed by atoms with E-state index in [2.05, 4.69) is 37.0 Å². The predicted molar refractivity (Wildman–Crippen MR) is 111 cm³/mol. The Kier molecular flexibility index (Phi) is 4.61. The average molecular weight is 469 g/mol. The van der Waals surface area contributed by atoms with Crippen LogP contribution >= 0.6 is 31.9 Å². The van der Waals surface area contributed by atoms with E-state index >= 15 is 0 Å². The molecular formula is C20H11Br2N3O. The van der Waals surface area contributed by atoms with E-state index in [1.807, 2.05) is 54.6 Å². The van der Waals surface area contributed by atoms with Crippen molar-refractivity contribution in [1.29, 1.82) is 0 Å². The normalized spacial score (nSPS) is 10.8. The molecule has 0 aliphatic rings. The van der Waals surface area contributed by atoms with Crippen molar-refractivity contribution in [3.05, 3.63) is 80.6 Å². The van der Waals surface area contributed by atoms with Gasteiger partial charge in [0.25, 0.3) is 0 Å². The second-order valence-corrected chi connectivity index (χ2v) is 7.50. The Morgan fingerprint density at radius 2 is 1.23 bits per heavy atom. The van der Waals surface area contributed by atoms with Crippen LogP contribution in [0.5, 0.6) is 0 Å². The molecule has 0 aliphatic heterocycles. The summed E-state index contributed by atoms with van der Waals surface area (Å²) in [5, 5.41) is 3.10. The number of halogens is 2. The minimum atomic E-state index is 0.288.